The van der Waals surface area contributed by atoms with Gasteiger partial charge in [0.1, 0.15) is 5.82 Å². The lowest BCUT2D eigenvalue weighted by atomic mass is 10.1. The van der Waals surface area contributed by atoms with E-state index in [4.69, 9.17) is 0 Å². The van der Waals surface area contributed by atoms with Gasteiger partial charge in [-0.25, -0.2) is 4.39 Å². The fraction of sp³-hybridized carbons (Fsp3) is 0.300. The summed E-state index contributed by atoms with van der Waals surface area (Å²) < 4.78 is 12.9. The van der Waals surface area contributed by atoms with E-state index in [1.54, 1.807) is 24.3 Å². The second-order valence-electron chi connectivity index (χ2n) is 6.24. The molecule has 1 aliphatic heterocycles. The number of carbonyl (C=O) groups excluding carboxylic acids is 2. The van der Waals surface area contributed by atoms with Crippen LogP contribution in [-0.2, 0) is 0 Å². The van der Waals surface area contributed by atoms with Crippen LogP contribution in [0.15, 0.2) is 48.5 Å². The molecule has 1 heterocycles. The molecule has 0 aliphatic carbocycles. The molecular formula is C20H21FN2O2. The van der Waals surface area contributed by atoms with Crippen molar-refractivity contribution in [3.8, 4) is 0 Å². The number of halogens is 1. The summed E-state index contributed by atoms with van der Waals surface area (Å²) in [5, 5.41) is 2.75. The maximum Gasteiger partial charge on any atom is 0.255 e. The van der Waals surface area contributed by atoms with E-state index in [0.717, 1.165) is 25.9 Å². The lowest BCUT2D eigenvalue weighted by Crippen LogP contribution is -2.31. The molecule has 1 aliphatic rings. The summed E-state index contributed by atoms with van der Waals surface area (Å²) in [6.45, 7) is 1.61. The van der Waals surface area contributed by atoms with Gasteiger partial charge in [0.05, 0.1) is 0 Å². The van der Waals surface area contributed by atoms with Crippen LogP contribution >= 0.6 is 0 Å². The molecule has 25 heavy (non-hydrogen) atoms. The van der Waals surface area contributed by atoms with Gasteiger partial charge in [0.25, 0.3) is 11.8 Å². The normalized spacial score (nSPS) is 14.7. The first-order chi connectivity index (χ1) is 12.1. The van der Waals surface area contributed by atoms with Crippen molar-refractivity contribution in [2.45, 2.75) is 25.7 Å². The zero-order valence-corrected chi connectivity index (χ0v) is 14.0. The lowest BCUT2D eigenvalue weighted by Gasteiger charge is -2.20. The lowest BCUT2D eigenvalue weighted by molar-refractivity contribution is 0.0761. The Morgan fingerprint density at radius 3 is 1.96 bits per heavy atom. The van der Waals surface area contributed by atoms with Crippen LogP contribution in [0.5, 0.6) is 0 Å². The first-order valence-electron chi connectivity index (χ1n) is 8.60. The number of carbonyl (C=O) groups is 2. The zero-order chi connectivity index (χ0) is 17.6. The number of hydrogen-bond donors (Lipinski definition) is 1. The number of hydrogen-bond acceptors (Lipinski definition) is 2. The van der Waals surface area contributed by atoms with E-state index >= 15 is 0 Å². The van der Waals surface area contributed by atoms with Crippen LogP contribution in [0.1, 0.15) is 46.4 Å². The minimum Gasteiger partial charge on any atom is -0.339 e. The first kappa shape index (κ1) is 17.1. The Morgan fingerprint density at radius 2 is 1.36 bits per heavy atom. The van der Waals surface area contributed by atoms with Crippen LogP contribution in [0, 0.1) is 5.82 Å². The molecule has 2 amide bonds. The van der Waals surface area contributed by atoms with E-state index in [9.17, 15) is 14.0 Å². The van der Waals surface area contributed by atoms with Gasteiger partial charge >= 0.3 is 0 Å². The summed E-state index contributed by atoms with van der Waals surface area (Å²) in [6, 6.07) is 12.2. The Bertz CT molecular complexity index is 733. The predicted octanol–water partition coefficient (Wildman–Crippen LogP) is 4.09. The first-order valence-corrected chi connectivity index (χ1v) is 8.60. The maximum atomic E-state index is 12.9. The molecule has 3 rings (SSSR count). The van der Waals surface area contributed by atoms with Crippen molar-refractivity contribution in [2.24, 2.45) is 0 Å². The molecule has 0 saturated carbocycles. The minimum absolute atomic E-state index is 0.0401. The van der Waals surface area contributed by atoms with Crippen molar-refractivity contribution < 1.29 is 14.0 Å². The summed E-state index contributed by atoms with van der Waals surface area (Å²) in [7, 11) is 0. The fourth-order valence-corrected chi connectivity index (χ4v) is 2.96. The van der Waals surface area contributed by atoms with Crippen molar-refractivity contribution in [3.05, 3.63) is 65.5 Å². The topological polar surface area (TPSA) is 49.4 Å². The smallest absolute Gasteiger partial charge is 0.255 e. The van der Waals surface area contributed by atoms with Crippen LogP contribution in [0.25, 0.3) is 0 Å². The van der Waals surface area contributed by atoms with Gasteiger partial charge in [0.2, 0.25) is 0 Å². The third-order valence-electron chi connectivity index (χ3n) is 4.39. The minimum atomic E-state index is -0.382. The predicted molar refractivity (Wildman–Crippen MR) is 95.2 cm³/mol. The van der Waals surface area contributed by atoms with Gasteiger partial charge in [0, 0.05) is 29.9 Å². The molecule has 1 N–H and O–H groups in total. The van der Waals surface area contributed by atoms with E-state index in [1.165, 1.54) is 37.1 Å². The molecule has 130 valence electrons. The Labute approximate surface area is 146 Å². The summed E-state index contributed by atoms with van der Waals surface area (Å²) in [5.74, 6) is -0.655. The Morgan fingerprint density at radius 1 is 0.800 bits per heavy atom. The number of rotatable bonds is 3. The second kappa shape index (κ2) is 7.92. The van der Waals surface area contributed by atoms with Gasteiger partial charge < -0.3 is 10.2 Å². The Balaban J connectivity index is 1.64. The summed E-state index contributed by atoms with van der Waals surface area (Å²) in [5.41, 5.74) is 1.61. The van der Waals surface area contributed by atoms with E-state index in [-0.39, 0.29) is 17.6 Å². The van der Waals surface area contributed by atoms with Gasteiger partial charge in [0.15, 0.2) is 0 Å². The molecule has 0 aromatic heterocycles. The highest BCUT2D eigenvalue weighted by molar-refractivity contribution is 6.04. The van der Waals surface area contributed by atoms with Crippen LogP contribution in [0.2, 0.25) is 0 Å². The summed E-state index contributed by atoms with van der Waals surface area (Å²) in [4.78, 5) is 26.6. The van der Waals surface area contributed by atoms with E-state index < -0.39 is 0 Å². The van der Waals surface area contributed by atoms with Gasteiger partial charge in [-0.05, 0) is 61.4 Å². The highest BCUT2D eigenvalue weighted by Gasteiger charge is 2.17. The van der Waals surface area contributed by atoms with Gasteiger partial charge in [-0.15, -0.1) is 0 Å². The quantitative estimate of drug-likeness (QED) is 0.915. The highest BCUT2D eigenvalue weighted by Crippen LogP contribution is 2.16. The number of benzene rings is 2. The molecule has 0 radical (unpaired) electrons. The largest absolute Gasteiger partial charge is 0.339 e. The summed E-state index contributed by atoms with van der Waals surface area (Å²) >= 11 is 0. The molecule has 5 heteroatoms. The molecular weight excluding hydrogens is 319 g/mol. The van der Waals surface area contributed by atoms with E-state index in [2.05, 4.69) is 5.32 Å². The van der Waals surface area contributed by atoms with Gasteiger partial charge in [-0.3, -0.25) is 9.59 Å². The third-order valence-corrected chi connectivity index (χ3v) is 4.39. The van der Waals surface area contributed by atoms with Gasteiger partial charge in [-0.1, -0.05) is 12.8 Å². The molecule has 0 atom stereocenters. The molecule has 0 spiro atoms. The van der Waals surface area contributed by atoms with Crippen molar-refractivity contribution in [1.82, 2.24) is 4.90 Å². The monoisotopic (exact) mass is 340 g/mol. The van der Waals surface area contributed by atoms with Crippen molar-refractivity contribution in [1.29, 1.82) is 0 Å². The fourth-order valence-electron chi connectivity index (χ4n) is 2.96. The summed E-state index contributed by atoms with van der Waals surface area (Å²) in [6.07, 6.45) is 4.46. The Hall–Kier alpha value is -2.69. The zero-order valence-electron chi connectivity index (χ0n) is 14.0. The van der Waals surface area contributed by atoms with Crippen LogP contribution in [-0.4, -0.2) is 29.8 Å². The number of nitrogens with zero attached hydrogens (tertiary/aromatic N) is 1. The molecule has 1 fully saturated rings. The number of amides is 2. The number of nitrogens with one attached hydrogen (secondary N) is 1. The number of anilines is 1. The van der Waals surface area contributed by atoms with Crippen LogP contribution in [0.3, 0.4) is 0 Å². The second-order valence-corrected chi connectivity index (χ2v) is 6.24. The molecule has 1 saturated heterocycles. The van der Waals surface area contributed by atoms with Crippen LogP contribution in [0.4, 0.5) is 10.1 Å². The molecule has 0 unspecified atom stereocenters. The molecule has 0 bridgehead atoms. The Kier molecular flexibility index (Phi) is 5.43. The van der Waals surface area contributed by atoms with Gasteiger partial charge in [-0.2, -0.15) is 0 Å². The van der Waals surface area contributed by atoms with Crippen molar-refractivity contribution in [2.75, 3.05) is 18.4 Å². The van der Waals surface area contributed by atoms with Crippen molar-refractivity contribution in [3.63, 3.8) is 0 Å². The van der Waals surface area contributed by atoms with Crippen LogP contribution < -0.4 is 5.32 Å². The molecule has 4 nitrogen and oxygen atoms in total. The average Bonchev–Trinajstić information content (AvgIpc) is 2.92. The molecule has 2 aromatic carbocycles. The number of likely N-dealkylation sites (tertiary alicyclic amines) is 1. The van der Waals surface area contributed by atoms with E-state index in [0.29, 0.717) is 16.8 Å². The standard InChI is InChI=1S/C20H21FN2O2/c21-17-9-5-15(6-10-17)19(24)22-18-11-7-16(8-12-18)20(25)23-13-3-1-2-4-14-23/h5-12H,1-4,13-14H2,(H,22,24). The molecule has 2 aromatic rings. The maximum absolute atomic E-state index is 12.9. The highest BCUT2D eigenvalue weighted by atomic mass is 19.1. The van der Waals surface area contributed by atoms with Crippen molar-refractivity contribution >= 4 is 17.5 Å². The van der Waals surface area contributed by atoms with E-state index in [1.807, 2.05) is 4.90 Å². The third kappa shape index (κ3) is 4.44. The average molecular weight is 340 g/mol. The SMILES string of the molecule is O=C(Nc1ccc(C(=O)N2CCCCCC2)cc1)c1ccc(F)cc1.